The van der Waals surface area contributed by atoms with E-state index in [0.29, 0.717) is 16.2 Å². The zero-order valence-electron chi connectivity index (χ0n) is 23.7. The van der Waals surface area contributed by atoms with Crippen molar-refractivity contribution >= 4 is 52.2 Å². The number of hydrogen-bond acceptors (Lipinski definition) is 6. The van der Waals surface area contributed by atoms with Crippen LogP contribution in [-0.2, 0) is 9.59 Å². The van der Waals surface area contributed by atoms with Gasteiger partial charge in [0.2, 0.25) is 0 Å². The summed E-state index contributed by atoms with van der Waals surface area (Å²) in [5.74, 6) is 0.703. The Morgan fingerprint density at radius 2 is 1.71 bits per heavy atom. The minimum absolute atomic E-state index is 0.144. The first-order valence-corrected chi connectivity index (χ1v) is 14.5. The number of amides is 3. The van der Waals surface area contributed by atoms with Crippen LogP contribution < -0.4 is 14.8 Å². The van der Waals surface area contributed by atoms with Crippen molar-refractivity contribution < 1.29 is 23.9 Å². The van der Waals surface area contributed by atoms with Crippen LogP contribution in [-0.4, -0.2) is 41.7 Å². The highest BCUT2D eigenvalue weighted by molar-refractivity contribution is 8.18. The Morgan fingerprint density at radius 3 is 2.44 bits per heavy atom. The van der Waals surface area contributed by atoms with E-state index in [1.165, 1.54) is 4.90 Å². The number of aryl methyl sites for hydroxylation is 3. The van der Waals surface area contributed by atoms with Crippen molar-refractivity contribution in [2.45, 2.75) is 40.5 Å². The van der Waals surface area contributed by atoms with Gasteiger partial charge in [0.1, 0.15) is 18.1 Å². The smallest absolute Gasteiger partial charge is 0.293 e. The fourth-order valence-electron chi connectivity index (χ4n) is 4.26. The molecule has 0 bridgehead atoms. The van der Waals surface area contributed by atoms with Gasteiger partial charge in [0.25, 0.3) is 17.1 Å². The van der Waals surface area contributed by atoms with Crippen LogP contribution in [0.25, 0.3) is 6.08 Å². The van der Waals surface area contributed by atoms with Gasteiger partial charge in [-0.1, -0.05) is 55.8 Å². The summed E-state index contributed by atoms with van der Waals surface area (Å²) in [6.07, 6.45) is 1.62. The minimum atomic E-state index is -0.378. The van der Waals surface area contributed by atoms with Crippen molar-refractivity contribution in [1.29, 1.82) is 0 Å². The zero-order chi connectivity index (χ0) is 29.7. The predicted molar refractivity (Wildman–Crippen MR) is 165 cm³/mol. The fraction of sp³-hybridized carbons (Fsp3) is 0.281. The molecule has 1 N–H and O–H groups in total. The van der Waals surface area contributed by atoms with Gasteiger partial charge < -0.3 is 14.8 Å². The van der Waals surface area contributed by atoms with Crippen LogP contribution in [0.2, 0.25) is 5.02 Å². The summed E-state index contributed by atoms with van der Waals surface area (Å²) in [5, 5.41) is 2.78. The van der Waals surface area contributed by atoms with Gasteiger partial charge in [0, 0.05) is 5.69 Å². The van der Waals surface area contributed by atoms with Crippen LogP contribution in [0.3, 0.4) is 0 Å². The van der Waals surface area contributed by atoms with Crippen molar-refractivity contribution in [1.82, 2.24) is 4.90 Å². The summed E-state index contributed by atoms with van der Waals surface area (Å²) in [6, 6.07) is 16.8. The lowest BCUT2D eigenvalue weighted by Gasteiger charge is -2.17. The van der Waals surface area contributed by atoms with Crippen LogP contribution in [0.15, 0.2) is 59.5 Å². The molecule has 4 rings (SSSR count). The number of benzene rings is 3. The molecule has 0 aromatic heterocycles. The first kappa shape index (κ1) is 30.2. The number of nitrogens with one attached hydrogen (secondary N) is 1. The second-order valence-electron chi connectivity index (χ2n) is 10.2. The molecular formula is C32H33ClN2O5S. The first-order valence-electron chi connectivity index (χ1n) is 13.3. The number of anilines is 1. The number of rotatable bonds is 10. The normalized spacial score (nSPS) is 14.2. The number of nitrogens with zero attached hydrogens (tertiary/aromatic N) is 1. The van der Waals surface area contributed by atoms with Crippen molar-refractivity contribution in [2.75, 3.05) is 25.1 Å². The molecule has 1 aliphatic rings. The molecule has 0 aliphatic carbocycles. The number of imide groups is 1. The van der Waals surface area contributed by atoms with E-state index in [9.17, 15) is 14.4 Å². The maximum atomic E-state index is 13.0. The minimum Gasteiger partial charge on any atom is -0.491 e. The number of ether oxygens (including phenoxy) is 2. The number of hydrogen-bond donors (Lipinski definition) is 1. The van der Waals surface area contributed by atoms with Gasteiger partial charge in [-0.3, -0.25) is 19.3 Å². The quantitative estimate of drug-likeness (QED) is 0.245. The SMILES string of the molecule is Cc1ccc(C)c(NC(=O)COc2ccc(/C=C3\SC(=O)N(CCOc4cc(C)ccc4C(C)C)C3=O)cc2Cl)c1. The third-order valence-electron chi connectivity index (χ3n) is 6.52. The Kier molecular flexibility index (Phi) is 9.78. The zero-order valence-corrected chi connectivity index (χ0v) is 25.3. The average molecular weight is 593 g/mol. The highest BCUT2D eigenvalue weighted by Gasteiger charge is 2.35. The van der Waals surface area contributed by atoms with Gasteiger partial charge >= 0.3 is 0 Å². The van der Waals surface area contributed by atoms with E-state index in [4.69, 9.17) is 21.1 Å². The maximum Gasteiger partial charge on any atom is 0.293 e. The van der Waals surface area contributed by atoms with Crippen molar-refractivity contribution in [3.8, 4) is 11.5 Å². The number of carbonyl (C=O) groups excluding carboxylic acids is 3. The molecule has 1 saturated heterocycles. The molecule has 0 radical (unpaired) electrons. The molecule has 0 saturated carbocycles. The number of thioether (sulfide) groups is 1. The third kappa shape index (κ3) is 7.71. The van der Waals surface area contributed by atoms with E-state index in [2.05, 4.69) is 19.2 Å². The summed E-state index contributed by atoms with van der Waals surface area (Å²) in [6.45, 7) is 10.2. The summed E-state index contributed by atoms with van der Waals surface area (Å²) in [4.78, 5) is 39.4. The average Bonchev–Trinajstić information content (AvgIpc) is 3.17. The molecule has 9 heteroatoms. The van der Waals surface area contributed by atoms with Gasteiger partial charge in [-0.15, -0.1) is 0 Å². The molecule has 0 atom stereocenters. The lowest BCUT2D eigenvalue weighted by Crippen LogP contribution is -2.32. The number of halogens is 1. The molecular weight excluding hydrogens is 560 g/mol. The lowest BCUT2D eigenvalue weighted by molar-refractivity contribution is -0.123. The van der Waals surface area contributed by atoms with E-state index in [0.717, 1.165) is 45.5 Å². The Hall–Kier alpha value is -3.75. The van der Waals surface area contributed by atoms with E-state index < -0.39 is 0 Å². The molecule has 3 aromatic carbocycles. The largest absolute Gasteiger partial charge is 0.491 e. The topological polar surface area (TPSA) is 84.9 Å². The maximum absolute atomic E-state index is 13.0. The van der Waals surface area contributed by atoms with Gasteiger partial charge in [0.15, 0.2) is 6.61 Å². The van der Waals surface area contributed by atoms with Gasteiger partial charge in [-0.2, -0.15) is 0 Å². The summed E-state index contributed by atoms with van der Waals surface area (Å²) >= 11 is 7.28. The Morgan fingerprint density at radius 1 is 0.976 bits per heavy atom. The fourth-order valence-corrected chi connectivity index (χ4v) is 5.37. The van der Waals surface area contributed by atoms with E-state index in [-0.39, 0.29) is 47.8 Å². The first-order chi connectivity index (χ1) is 19.5. The van der Waals surface area contributed by atoms with Crippen molar-refractivity contribution in [3.63, 3.8) is 0 Å². The predicted octanol–water partition coefficient (Wildman–Crippen LogP) is 7.52. The van der Waals surface area contributed by atoms with Crippen LogP contribution in [0.1, 0.15) is 47.6 Å². The van der Waals surface area contributed by atoms with Crippen LogP contribution in [0.4, 0.5) is 10.5 Å². The Bertz CT molecular complexity index is 1520. The van der Waals surface area contributed by atoms with E-state index in [1.54, 1.807) is 24.3 Å². The molecule has 1 heterocycles. The van der Waals surface area contributed by atoms with Crippen LogP contribution in [0, 0.1) is 20.8 Å². The molecule has 1 aliphatic heterocycles. The molecule has 3 amide bonds. The van der Waals surface area contributed by atoms with E-state index >= 15 is 0 Å². The van der Waals surface area contributed by atoms with Gasteiger partial charge in [0.05, 0.1) is 16.5 Å². The summed E-state index contributed by atoms with van der Waals surface area (Å²) in [5.41, 5.74) is 5.51. The van der Waals surface area contributed by atoms with E-state index in [1.807, 2.05) is 57.2 Å². The Labute approximate surface area is 249 Å². The monoisotopic (exact) mass is 592 g/mol. The third-order valence-corrected chi connectivity index (χ3v) is 7.72. The summed E-state index contributed by atoms with van der Waals surface area (Å²) in [7, 11) is 0. The second kappa shape index (κ2) is 13.3. The summed E-state index contributed by atoms with van der Waals surface area (Å²) < 4.78 is 11.6. The highest BCUT2D eigenvalue weighted by atomic mass is 35.5. The molecule has 0 spiro atoms. The second-order valence-corrected chi connectivity index (χ2v) is 11.6. The van der Waals surface area contributed by atoms with Crippen molar-refractivity contribution in [3.05, 3.63) is 92.3 Å². The molecule has 7 nitrogen and oxygen atoms in total. The number of carbonyl (C=O) groups is 3. The molecule has 41 heavy (non-hydrogen) atoms. The molecule has 3 aromatic rings. The molecule has 214 valence electrons. The molecule has 1 fully saturated rings. The standard InChI is InChI=1S/C32H33ClN2O5S/c1-19(2)24-10-7-21(4)15-28(24)39-13-12-35-31(37)29(41-32(35)38)17-23-9-11-27(25(33)16-23)40-18-30(36)34-26-14-20(3)6-8-22(26)5/h6-11,14-17,19H,12-13,18H2,1-5H3,(H,34,36)/b29-17-. The van der Waals surface area contributed by atoms with Crippen LogP contribution in [0.5, 0.6) is 11.5 Å². The van der Waals surface area contributed by atoms with Crippen molar-refractivity contribution in [2.24, 2.45) is 0 Å². The van der Waals surface area contributed by atoms with Gasteiger partial charge in [-0.25, -0.2) is 0 Å². The Balaban J connectivity index is 1.34. The highest BCUT2D eigenvalue weighted by Crippen LogP contribution is 2.34. The lowest BCUT2D eigenvalue weighted by atomic mass is 10.0. The van der Waals surface area contributed by atoms with Crippen LogP contribution >= 0.6 is 23.4 Å². The molecule has 0 unspecified atom stereocenters. The van der Waals surface area contributed by atoms with Gasteiger partial charge in [-0.05, 0) is 96.6 Å².